The summed E-state index contributed by atoms with van der Waals surface area (Å²) in [5.41, 5.74) is 0.433. The number of β-amino-alcohol motifs (C(OH)–C–C–N with tert-alkyl or cyclic N) is 1. The zero-order valence-corrected chi connectivity index (χ0v) is 9.75. The van der Waals surface area contributed by atoms with E-state index >= 15 is 0 Å². The highest BCUT2D eigenvalue weighted by atomic mass is 35.5. The fourth-order valence-corrected chi connectivity index (χ4v) is 1.88. The van der Waals surface area contributed by atoms with Crippen molar-refractivity contribution < 1.29 is 14.3 Å². The number of anilines is 1. The summed E-state index contributed by atoms with van der Waals surface area (Å²) in [6.45, 7) is 0.836. The number of urea groups is 1. The summed E-state index contributed by atoms with van der Waals surface area (Å²) in [5.74, 6) is -0.527. The molecule has 1 aliphatic heterocycles. The van der Waals surface area contributed by atoms with Gasteiger partial charge in [-0.15, -0.1) is 0 Å². The van der Waals surface area contributed by atoms with Crippen molar-refractivity contribution in [3.63, 3.8) is 0 Å². The third kappa shape index (κ3) is 2.87. The summed E-state index contributed by atoms with van der Waals surface area (Å²) in [6, 6.07) is 3.66. The second-order valence-corrected chi connectivity index (χ2v) is 4.35. The molecule has 2 amide bonds. The van der Waals surface area contributed by atoms with Gasteiger partial charge in [-0.3, -0.25) is 0 Å². The van der Waals surface area contributed by atoms with Gasteiger partial charge in [0.1, 0.15) is 5.82 Å². The topological polar surface area (TPSA) is 52.6 Å². The number of benzene rings is 1. The molecule has 0 spiro atoms. The number of likely N-dealkylation sites (tertiary alicyclic amines) is 1. The van der Waals surface area contributed by atoms with Gasteiger partial charge in [-0.1, -0.05) is 11.6 Å². The van der Waals surface area contributed by atoms with Crippen LogP contribution in [0.25, 0.3) is 0 Å². The fourth-order valence-electron chi connectivity index (χ4n) is 1.70. The molecule has 1 atom stereocenters. The first-order valence-electron chi connectivity index (χ1n) is 5.25. The van der Waals surface area contributed by atoms with E-state index in [2.05, 4.69) is 5.32 Å². The van der Waals surface area contributed by atoms with Crippen molar-refractivity contribution in [1.82, 2.24) is 4.90 Å². The maximum absolute atomic E-state index is 12.9. The van der Waals surface area contributed by atoms with Crippen molar-refractivity contribution in [3.8, 4) is 0 Å². The van der Waals surface area contributed by atoms with Crippen LogP contribution in [0, 0.1) is 5.82 Å². The fraction of sp³-hybridized carbons (Fsp3) is 0.364. The van der Waals surface area contributed by atoms with Gasteiger partial charge in [0.2, 0.25) is 0 Å². The largest absolute Gasteiger partial charge is 0.391 e. The summed E-state index contributed by atoms with van der Waals surface area (Å²) in [4.78, 5) is 13.2. The van der Waals surface area contributed by atoms with Crippen molar-refractivity contribution in [1.29, 1.82) is 0 Å². The van der Waals surface area contributed by atoms with Crippen LogP contribution in [-0.2, 0) is 0 Å². The SMILES string of the molecule is O=C(Nc1ccc(F)c(Cl)c1)N1CC[C@H](O)C1. The Hall–Kier alpha value is -1.33. The number of halogens is 2. The van der Waals surface area contributed by atoms with Gasteiger partial charge in [-0.05, 0) is 24.6 Å². The second kappa shape index (κ2) is 4.89. The predicted octanol–water partition coefficient (Wildman–Crippen LogP) is 2.08. The van der Waals surface area contributed by atoms with Gasteiger partial charge in [0.05, 0.1) is 11.1 Å². The van der Waals surface area contributed by atoms with Crippen LogP contribution in [0.2, 0.25) is 5.02 Å². The minimum atomic E-state index is -0.527. The van der Waals surface area contributed by atoms with Crippen LogP contribution in [0.1, 0.15) is 6.42 Å². The molecule has 1 aromatic rings. The van der Waals surface area contributed by atoms with Crippen molar-refractivity contribution in [2.75, 3.05) is 18.4 Å². The lowest BCUT2D eigenvalue weighted by atomic mass is 10.3. The van der Waals surface area contributed by atoms with E-state index in [1.54, 1.807) is 0 Å². The Kier molecular flexibility index (Phi) is 3.49. The highest BCUT2D eigenvalue weighted by Crippen LogP contribution is 2.20. The quantitative estimate of drug-likeness (QED) is 0.810. The standard InChI is InChI=1S/C11H12ClFN2O2/c12-9-5-7(1-2-10(9)13)14-11(17)15-4-3-8(16)6-15/h1-2,5,8,16H,3-4,6H2,(H,14,17)/t8-/m0/s1. The Balaban J connectivity index is 2.00. The first-order valence-corrected chi connectivity index (χ1v) is 5.63. The maximum Gasteiger partial charge on any atom is 0.321 e. The Morgan fingerprint density at radius 2 is 2.35 bits per heavy atom. The molecule has 0 saturated carbocycles. The van der Waals surface area contributed by atoms with E-state index in [1.165, 1.54) is 23.1 Å². The van der Waals surface area contributed by atoms with Crippen molar-refractivity contribution in [2.24, 2.45) is 0 Å². The molecule has 1 aromatic carbocycles. The van der Waals surface area contributed by atoms with Crippen LogP contribution in [-0.4, -0.2) is 35.2 Å². The molecule has 4 nitrogen and oxygen atoms in total. The molecule has 17 heavy (non-hydrogen) atoms. The molecule has 92 valence electrons. The number of amides is 2. The monoisotopic (exact) mass is 258 g/mol. The summed E-state index contributed by atoms with van der Waals surface area (Å²) in [5, 5.41) is 11.9. The van der Waals surface area contributed by atoms with Crippen LogP contribution in [0.15, 0.2) is 18.2 Å². The van der Waals surface area contributed by atoms with E-state index in [0.717, 1.165) is 0 Å². The van der Waals surface area contributed by atoms with E-state index in [4.69, 9.17) is 11.6 Å². The number of carbonyl (C=O) groups is 1. The van der Waals surface area contributed by atoms with Gasteiger partial charge in [-0.2, -0.15) is 0 Å². The first-order chi connectivity index (χ1) is 8.06. The van der Waals surface area contributed by atoms with E-state index in [0.29, 0.717) is 25.2 Å². The van der Waals surface area contributed by atoms with Gasteiger partial charge in [0.25, 0.3) is 0 Å². The number of hydrogen-bond donors (Lipinski definition) is 2. The average Bonchev–Trinajstić information content (AvgIpc) is 2.70. The molecular weight excluding hydrogens is 247 g/mol. The Bertz CT molecular complexity index is 441. The van der Waals surface area contributed by atoms with Gasteiger partial charge < -0.3 is 15.3 Å². The van der Waals surface area contributed by atoms with Gasteiger partial charge in [0.15, 0.2) is 0 Å². The molecule has 2 rings (SSSR count). The van der Waals surface area contributed by atoms with E-state index < -0.39 is 11.9 Å². The van der Waals surface area contributed by atoms with Crippen LogP contribution in [0.5, 0.6) is 0 Å². The number of hydrogen-bond acceptors (Lipinski definition) is 2. The zero-order valence-electron chi connectivity index (χ0n) is 8.99. The third-order valence-corrected chi connectivity index (χ3v) is 2.91. The summed E-state index contributed by atoms with van der Waals surface area (Å²) in [6.07, 6.45) is 0.120. The van der Waals surface area contributed by atoms with Crippen LogP contribution in [0.3, 0.4) is 0 Å². The first kappa shape index (κ1) is 12.1. The van der Waals surface area contributed by atoms with Gasteiger partial charge >= 0.3 is 6.03 Å². The molecule has 2 N–H and O–H groups in total. The van der Waals surface area contributed by atoms with Crippen LogP contribution >= 0.6 is 11.6 Å². The molecule has 0 radical (unpaired) electrons. The predicted molar refractivity (Wildman–Crippen MR) is 62.6 cm³/mol. The molecule has 1 heterocycles. The van der Waals surface area contributed by atoms with Crippen LogP contribution in [0.4, 0.5) is 14.9 Å². The van der Waals surface area contributed by atoms with Gasteiger partial charge in [0, 0.05) is 18.8 Å². The molecule has 1 aliphatic rings. The molecule has 0 bridgehead atoms. The highest BCUT2D eigenvalue weighted by molar-refractivity contribution is 6.31. The number of carbonyl (C=O) groups excluding carboxylic acids is 1. The van der Waals surface area contributed by atoms with Crippen molar-refractivity contribution in [3.05, 3.63) is 29.0 Å². The molecule has 0 aliphatic carbocycles. The summed E-state index contributed by atoms with van der Waals surface area (Å²) >= 11 is 5.60. The zero-order chi connectivity index (χ0) is 12.4. The van der Waals surface area contributed by atoms with E-state index in [1.807, 2.05) is 0 Å². The smallest absolute Gasteiger partial charge is 0.321 e. The molecular formula is C11H12ClFN2O2. The second-order valence-electron chi connectivity index (χ2n) is 3.95. The Morgan fingerprint density at radius 1 is 1.59 bits per heavy atom. The minimum Gasteiger partial charge on any atom is -0.391 e. The van der Waals surface area contributed by atoms with Crippen LogP contribution < -0.4 is 5.32 Å². The minimum absolute atomic E-state index is 0.0377. The molecule has 0 unspecified atom stereocenters. The molecule has 0 aromatic heterocycles. The lowest BCUT2D eigenvalue weighted by molar-refractivity contribution is 0.176. The van der Waals surface area contributed by atoms with Gasteiger partial charge in [-0.25, -0.2) is 9.18 Å². The van der Waals surface area contributed by atoms with E-state index in [-0.39, 0.29) is 11.1 Å². The number of rotatable bonds is 1. The normalized spacial score (nSPS) is 19.5. The van der Waals surface area contributed by atoms with Crippen molar-refractivity contribution >= 4 is 23.3 Å². The number of nitrogens with zero attached hydrogens (tertiary/aromatic N) is 1. The van der Waals surface area contributed by atoms with E-state index in [9.17, 15) is 14.3 Å². The summed E-state index contributed by atoms with van der Waals surface area (Å²) < 4.78 is 12.9. The average molecular weight is 259 g/mol. The Labute approximate surface area is 103 Å². The molecule has 6 heteroatoms. The molecule has 1 fully saturated rings. The number of nitrogens with one attached hydrogen (secondary N) is 1. The lowest BCUT2D eigenvalue weighted by Gasteiger charge is -2.16. The highest BCUT2D eigenvalue weighted by Gasteiger charge is 2.24. The summed E-state index contributed by atoms with van der Waals surface area (Å²) in [7, 11) is 0. The number of aliphatic hydroxyl groups is 1. The van der Waals surface area contributed by atoms with Crippen molar-refractivity contribution in [2.45, 2.75) is 12.5 Å². The number of aliphatic hydroxyl groups excluding tert-OH is 1. The lowest BCUT2D eigenvalue weighted by Crippen LogP contribution is -2.33. The third-order valence-electron chi connectivity index (χ3n) is 2.62. The maximum atomic E-state index is 12.9. The Morgan fingerprint density at radius 3 is 2.94 bits per heavy atom. The molecule has 1 saturated heterocycles.